The van der Waals surface area contributed by atoms with Crippen LogP contribution in [0.15, 0.2) is 0 Å². The lowest BCUT2D eigenvalue weighted by atomic mass is 9.53. The Labute approximate surface area is 95.8 Å². The maximum atomic E-state index is 2.52. The lowest BCUT2D eigenvalue weighted by Gasteiger charge is -2.52. The fourth-order valence-corrected chi connectivity index (χ4v) is 3.75. The standard InChI is InChI=1S/C15H28/c1-3-4-5-6-7-15-11-8-14(2,9-12-15)10-13-15/h3-13H2,1-2H3. The van der Waals surface area contributed by atoms with Crippen molar-refractivity contribution in [1.82, 2.24) is 0 Å². The molecule has 3 aliphatic carbocycles. The molecule has 3 rings (SSSR count). The second-order valence-corrected chi connectivity index (χ2v) is 6.62. The summed E-state index contributed by atoms with van der Waals surface area (Å²) in [6.45, 7) is 4.83. The minimum Gasteiger partial charge on any atom is -0.0654 e. The highest BCUT2D eigenvalue weighted by atomic mass is 14.5. The van der Waals surface area contributed by atoms with Gasteiger partial charge in [0, 0.05) is 0 Å². The van der Waals surface area contributed by atoms with E-state index in [9.17, 15) is 0 Å². The minimum atomic E-state index is 0.755. The zero-order chi connectivity index (χ0) is 10.8. The van der Waals surface area contributed by atoms with E-state index in [4.69, 9.17) is 0 Å². The van der Waals surface area contributed by atoms with Gasteiger partial charge in [0.15, 0.2) is 0 Å². The molecule has 0 aromatic heterocycles. The molecule has 0 unspecified atom stereocenters. The van der Waals surface area contributed by atoms with Crippen LogP contribution in [0.2, 0.25) is 0 Å². The quantitative estimate of drug-likeness (QED) is 0.537. The molecule has 15 heavy (non-hydrogen) atoms. The van der Waals surface area contributed by atoms with Crippen LogP contribution in [-0.2, 0) is 0 Å². The van der Waals surface area contributed by atoms with Crippen molar-refractivity contribution in [1.29, 1.82) is 0 Å². The third kappa shape index (κ3) is 2.57. The molecule has 0 radical (unpaired) electrons. The van der Waals surface area contributed by atoms with Crippen LogP contribution in [0.1, 0.15) is 84.5 Å². The van der Waals surface area contributed by atoms with Gasteiger partial charge in [-0.05, 0) is 55.8 Å². The van der Waals surface area contributed by atoms with Crippen LogP contribution in [0.25, 0.3) is 0 Å². The van der Waals surface area contributed by atoms with Gasteiger partial charge in [-0.25, -0.2) is 0 Å². The second-order valence-electron chi connectivity index (χ2n) is 6.62. The largest absolute Gasteiger partial charge is 0.0654 e. The fraction of sp³-hybridized carbons (Fsp3) is 1.00. The Morgan fingerprint density at radius 1 is 0.800 bits per heavy atom. The highest BCUT2D eigenvalue weighted by Gasteiger charge is 2.45. The highest BCUT2D eigenvalue weighted by molar-refractivity contribution is 4.97. The third-order valence-electron chi connectivity index (χ3n) is 5.34. The summed E-state index contributed by atoms with van der Waals surface area (Å²) < 4.78 is 0. The summed E-state index contributed by atoms with van der Waals surface area (Å²) >= 11 is 0. The van der Waals surface area contributed by atoms with Crippen molar-refractivity contribution in [3.8, 4) is 0 Å². The fourth-order valence-electron chi connectivity index (χ4n) is 3.75. The minimum absolute atomic E-state index is 0.755. The van der Waals surface area contributed by atoms with Crippen LogP contribution in [-0.4, -0.2) is 0 Å². The summed E-state index contributed by atoms with van der Waals surface area (Å²) in [5.74, 6) is 0. The SMILES string of the molecule is CCCCCCC12CCC(C)(CC1)CC2. The molecular weight excluding hydrogens is 180 g/mol. The van der Waals surface area contributed by atoms with E-state index in [1.165, 1.54) is 44.9 Å². The van der Waals surface area contributed by atoms with Crippen molar-refractivity contribution in [2.75, 3.05) is 0 Å². The van der Waals surface area contributed by atoms with Crippen molar-refractivity contribution in [3.63, 3.8) is 0 Å². The average Bonchev–Trinajstić information content (AvgIpc) is 2.27. The first-order valence-corrected chi connectivity index (χ1v) is 7.18. The van der Waals surface area contributed by atoms with E-state index >= 15 is 0 Å². The van der Waals surface area contributed by atoms with E-state index in [-0.39, 0.29) is 0 Å². The van der Waals surface area contributed by atoms with Crippen LogP contribution < -0.4 is 0 Å². The van der Waals surface area contributed by atoms with Gasteiger partial charge in [0.1, 0.15) is 0 Å². The predicted octanol–water partition coefficient (Wildman–Crippen LogP) is 5.32. The molecule has 3 aliphatic rings. The third-order valence-corrected chi connectivity index (χ3v) is 5.34. The Bertz CT molecular complexity index is 180. The Morgan fingerprint density at radius 2 is 1.40 bits per heavy atom. The molecule has 0 amide bonds. The second kappa shape index (κ2) is 4.47. The Hall–Kier alpha value is 0. The first kappa shape index (κ1) is 11.5. The number of unbranched alkanes of at least 4 members (excludes halogenated alkanes) is 3. The summed E-state index contributed by atoms with van der Waals surface area (Å²) in [6.07, 6.45) is 16.6. The van der Waals surface area contributed by atoms with E-state index in [1.54, 1.807) is 25.7 Å². The maximum absolute atomic E-state index is 2.52. The van der Waals surface area contributed by atoms with Gasteiger partial charge < -0.3 is 0 Å². The van der Waals surface area contributed by atoms with Gasteiger partial charge in [0.25, 0.3) is 0 Å². The first-order valence-electron chi connectivity index (χ1n) is 7.18. The average molecular weight is 208 g/mol. The lowest BCUT2D eigenvalue weighted by Crippen LogP contribution is -2.39. The summed E-state index contributed by atoms with van der Waals surface area (Å²) in [7, 11) is 0. The molecule has 0 spiro atoms. The van der Waals surface area contributed by atoms with Gasteiger partial charge in [-0.15, -0.1) is 0 Å². The molecule has 0 aromatic carbocycles. The zero-order valence-corrected chi connectivity index (χ0v) is 10.8. The van der Waals surface area contributed by atoms with E-state index in [0.29, 0.717) is 0 Å². The van der Waals surface area contributed by atoms with Crippen LogP contribution in [0.4, 0.5) is 0 Å². The van der Waals surface area contributed by atoms with Gasteiger partial charge in [-0.1, -0.05) is 39.5 Å². The molecule has 0 atom stereocenters. The molecule has 3 fully saturated rings. The van der Waals surface area contributed by atoms with E-state index in [1.807, 2.05) is 0 Å². The Balaban J connectivity index is 1.77. The Morgan fingerprint density at radius 3 is 1.93 bits per heavy atom. The summed E-state index contributed by atoms with van der Waals surface area (Å²) in [6, 6.07) is 0. The van der Waals surface area contributed by atoms with Gasteiger partial charge in [0.05, 0.1) is 0 Å². The monoisotopic (exact) mass is 208 g/mol. The van der Waals surface area contributed by atoms with Crippen molar-refractivity contribution < 1.29 is 0 Å². The number of hydrogen-bond acceptors (Lipinski definition) is 0. The van der Waals surface area contributed by atoms with Crippen LogP contribution >= 0.6 is 0 Å². The molecule has 0 aliphatic heterocycles. The van der Waals surface area contributed by atoms with Crippen LogP contribution in [0.5, 0.6) is 0 Å². The van der Waals surface area contributed by atoms with Crippen molar-refractivity contribution in [3.05, 3.63) is 0 Å². The molecule has 0 heteroatoms. The van der Waals surface area contributed by atoms with E-state index in [0.717, 1.165) is 10.8 Å². The Kier molecular flexibility index (Phi) is 3.42. The molecule has 0 aromatic rings. The molecule has 2 bridgehead atoms. The number of hydrogen-bond donors (Lipinski definition) is 0. The van der Waals surface area contributed by atoms with Crippen molar-refractivity contribution >= 4 is 0 Å². The summed E-state index contributed by atoms with van der Waals surface area (Å²) in [5.41, 5.74) is 1.57. The van der Waals surface area contributed by atoms with Gasteiger partial charge in [-0.2, -0.15) is 0 Å². The van der Waals surface area contributed by atoms with E-state index in [2.05, 4.69) is 13.8 Å². The molecular formula is C15H28. The molecule has 0 N–H and O–H groups in total. The van der Waals surface area contributed by atoms with Gasteiger partial charge in [0.2, 0.25) is 0 Å². The molecule has 88 valence electrons. The molecule has 3 saturated carbocycles. The zero-order valence-electron chi connectivity index (χ0n) is 10.8. The normalized spacial score (nSPS) is 39.6. The summed E-state index contributed by atoms with van der Waals surface area (Å²) in [5, 5.41) is 0. The first-order chi connectivity index (χ1) is 7.18. The highest BCUT2D eigenvalue weighted by Crippen LogP contribution is 2.58. The molecule has 0 nitrogen and oxygen atoms in total. The predicted molar refractivity (Wildman–Crippen MR) is 67.0 cm³/mol. The van der Waals surface area contributed by atoms with Gasteiger partial charge >= 0.3 is 0 Å². The van der Waals surface area contributed by atoms with E-state index < -0.39 is 0 Å². The van der Waals surface area contributed by atoms with Crippen molar-refractivity contribution in [2.45, 2.75) is 84.5 Å². The number of rotatable bonds is 5. The maximum Gasteiger partial charge on any atom is -0.0297 e. The van der Waals surface area contributed by atoms with Crippen LogP contribution in [0, 0.1) is 10.8 Å². The molecule has 0 heterocycles. The number of fused-ring (bicyclic) bond motifs is 3. The van der Waals surface area contributed by atoms with Crippen molar-refractivity contribution in [2.24, 2.45) is 10.8 Å². The summed E-state index contributed by atoms with van der Waals surface area (Å²) in [4.78, 5) is 0. The van der Waals surface area contributed by atoms with Gasteiger partial charge in [-0.3, -0.25) is 0 Å². The van der Waals surface area contributed by atoms with Crippen LogP contribution in [0.3, 0.4) is 0 Å². The molecule has 0 saturated heterocycles. The topological polar surface area (TPSA) is 0 Å². The smallest absolute Gasteiger partial charge is 0.0297 e. The lowest BCUT2D eigenvalue weighted by molar-refractivity contribution is -0.00411.